The Labute approximate surface area is 114 Å². The lowest BCUT2D eigenvalue weighted by atomic mass is 10.1. The second kappa shape index (κ2) is 5.74. The van der Waals surface area contributed by atoms with Gasteiger partial charge in [0, 0.05) is 25.6 Å². The third-order valence-electron chi connectivity index (χ3n) is 3.55. The lowest BCUT2D eigenvalue weighted by Crippen LogP contribution is -2.36. The second-order valence-corrected chi connectivity index (χ2v) is 5.76. The summed E-state index contributed by atoms with van der Waals surface area (Å²) in [5, 5.41) is 0. The molecule has 2 atom stereocenters. The van der Waals surface area contributed by atoms with Gasteiger partial charge in [-0.2, -0.15) is 0 Å². The van der Waals surface area contributed by atoms with E-state index in [1.165, 1.54) is 0 Å². The molecule has 2 unspecified atom stereocenters. The molecule has 1 aromatic rings. The van der Waals surface area contributed by atoms with Crippen LogP contribution in [-0.4, -0.2) is 32.9 Å². The molecule has 0 spiro atoms. The van der Waals surface area contributed by atoms with Crippen molar-refractivity contribution in [3.63, 3.8) is 0 Å². The fraction of sp³-hybridized carbons (Fsp3) is 0.714. The van der Waals surface area contributed by atoms with E-state index in [1.807, 2.05) is 17.4 Å². The highest BCUT2D eigenvalue weighted by atomic mass is 16.2. The average Bonchev–Trinajstić information content (AvgIpc) is 2.85. The molecule has 0 aliphatic carbocycles. The van der Waals surface area contributed by atoms with Crippen LogP contribution in [-0.2, 0) is 11.3 Å². The van der Waals surface area contributed by atoms with Gasteiger partial charge in [0.25, 0.3) is 0 Å². The van der Waals surface area contributed by atoms with Gasteiger partial charge in [-0.1, -0.05) is 20.8 Å². The molecular formula is C14H24N4O. The van der Waals surface area contributed by atoms with E-state index in [0.29, 0.717) is 12.3 Å². The zero-order valence-corrected chi connectivity index (χ0v) is 12.0. The normalized spacial score (nSPS) is 23.6. The highest BCUT2D eigenvalue weighted by molar-refractivity contribution is 5.80. The summed E-state index contributed by atoms with van der Waals surface area (Å²) in [6.07, 6.45) is 5.17. The predicted octanol–water partition coefficient (Wildman–Crippen LogP) is 1.55. The molecule has 2 heterocycles. The van der Waals surface area contributed by atoms with Crippen LogP contribution in [0.3, 0.4) is 0 Å². The second-order valence-electron chi connectivity index (χ2n) is 5.76. The van der Waals surface area contributed by atoms with Gasteiger partial charge in [-0.3, -0.25) is 4.79 Å². The Balaban J connectivity index is 2.28. The fourth-order valence-corrected chi connectivity index (χ4v) is 2.81. The van der Waals surface area contributed by atoms with Crippen LogP contribution >= 0.6 is 0 Å². The first kappa shape index (κ1) is 14.1. The van der Waals surface area contributed by atoms with Crippen LogP contribution in [0.5, 0.6) is 0 Å². The van der Waals surface area contributed by atoms with Crippen molar-refractivity contribution in [1.82, 2.24) is 14.5 Å². The van der Waals surface area contributed by atoms with Gasteiger partial charge in [-0.25, -0.2) is 4.98 Å². The molecule has 1 amide bonds. The van der Waals surface area contributed by atoms with Crippen LogP contribution in [0.2, 0.25) is 0 Å². The van der Waals surface area contributed by atoms with E-state index in [9.17, 15) is 4.79 Å². The molecule has 2 rings (SSSR count). The number of likely N-dealkylation sites (tertiary alicyclic amines) is 1. The summed E-state index contributed by atoms with van der Waals surface area (Å²) in [6, 6.07) is -0.150. The van der Waals surface area contributed by atoms with Crippen molar-refractivity contribution >= 4 is 5.91 Å². The minimum absolute atomic E-state index is 0.0241. The number of aryl methyl sites for hydroxylation is 1. The lowest BCUT2D eigenvalue weighted by Gasteiger charge is -2.29. The van der Waals surface area contributed by atoms with E-state index >= 15 is 0 Å². The molecule has 19 heavy (non-hydrogen) atoms. The number of nitrogens with zero attached hydrogens (tertiary/aromatic N) is 3. The molecule has 5 heteroatoms. The first-order valence-corrected chi connectivity index (χ1v) is 7.09. The maximum absolute atomic E-state index is 12.1. The largest absolute Gasteiger partial charge is 0.333 e. The van der Waals surface area contributed by atoms with Crippen molar-refractivity contribution in [2.24, 2.45) is 11.7 Å². The summed E-state index contributed by atoms with van der Waals surface area (Å²) in [5.41, 5.74) is 7.26. The molecular weight excluding hydrogens is 240 g/mol. The van der Waals surface area contributed by atoms with Gasteiger partial charge in [0.15, 0.2) is 0 Å². The Morgan fingerprint density at radius 3 is 2.89 bits per heavy atom. The van der Waals surface area contributed by atoms with Crippen molar-refractivity contribution in [1.29, 1.82) is 0 Å². The van der Waals surface area contributed by atoms with Gasteiger partial charge in [0.2, 0.25) is 5.91 Å². The minimum atomic E-state index is -0.126. The topological polar surface area (TPSA) is 64.2 Å². The van der Waals surface area contributed by atoms with Crippen molar-refractivity contribution in [3.8, 4) is 0 Å². The van der Waals surface area contributed by atoms with Crippen LogP contribution in [0, 0.1) is 5.92 Å². The van der Waals surface area contributed by atoms with Crippen molar-refractivity contribution in [3.05, 3.63) is 18.2 Å². The number of aromatic nitrogens is 2. The summed E-state index contributed by atoms with van der Waals surface area (Å²) >= 11 is 0. The smallest absolute Gasteiger partial charge is 0.224 e. The third-order valence-corrected chi connectivity index (χ3v) is 3.55. The number of hydrogen-bond acceptors (Lipinski definition) is 3. The van der Waals surface area contributed by atoms with Crippen molar-refractivity contribution < 1.29 is 4.79 Å². The first-order chi connectivity index (χ1) is 9.04. The molecule has 5 nitrogen and oxygen atoms in total. The van der Waals surface area contributed by atoms with E-state index in [1.54, 1.807) is 0 Å². The van der Waals surface area contributed by atoms with Gasteiger partial charge in [-0.05, 0) is 12.3 Å². The molecule has 1 fully saturated rings. The van der Waals surface area contributed by atoms with Gasteiger partial charge < -0.3 is 15.2 Å². The SMILES string of the molecule is CCCn1cncc1C1C(N)CC(=O)N1CC(C)C. The maximum atomic E-state index is 12.1. The van der Waals surface area contributed by atoms with Crippen LogP contribution in [0.1, 0.15) is 45.3 Å². The first-order valence-electron chi connectivity index (χ1n) is 7.09. The summed E-state index contributed by atoms with van der Waals surface area (Å²) in [5.74, 6) is 0.606. The fourth-order valence-electron chi connectivity index (χ4n) is 2.81. The van der Waals surface area contributed by atoms with Gasteiger partial charge in [0.05, 0.1) is 24.3 Å². The van der Waals surface area contributed by atoms with Crippen molar-refractivity contribution in [2.45, 2.75) is 52.2 Å². The highest BCUT2D eigenvalue weighted by Gasteiger charge is 2.40. The Bertz CT molecular complexity index is 440. The number of hydrogen-bond donors (Lipinski definition) is 1. The maximum Gasteiger partial charge on any atom is 0.224 e. The van der Waals surface area contributed by atoms with E-state index in [2.05, 4.69) is 30.3 Å². The van der Waals surface area contributed by atoms with Gasteiger partial charge >= 0.3 is 0 Å². The molecule has 1 aliphatic heterocycles. The molecule has 0 bridgehead atoms. The van der Waals surface area contributed by atoms with Crippen molar-refractivity contribution in [2.75, 3.05) is 6.54 Å². The van der Waals surface area contributed by atoms with E-state index in [-0.39, 0.29) is 18.0 Å². The standard InChI is InChI=1S/C14H24N4O/c1-4-5-17-9-16-7-12(17)14-11(15)6-13(19)18(14)8-10(2)3/h7,9-11,14H,4-6,8,15H2,1-3H3. The Morgan fingerprint density at radius 1 is 1.53 bits per heavy atom. The number of carbonyl (C=O) groups excluding carboxylic acids is 1. The Morgan fingerprint density at radius 2 is 2.26 bits per heavy atom. The van der Waals surface area contributed by atoms with Gasteiger partial charge in [0.1, 0.15) is 0 Å². The van der Waals surface area contributed by atoms with Crippen LogP contribution in [0.25, 0.3) is 0 Å². The van der Waals surface area contributed by atoms with Gasteiger partial charge in [-0.15, -0.1) is 0 Å². The molecule has 106 valence electrons. The number of amides is 1. The number of carbonyl (C=O) groups is 1. The summed E-state index contributed by atoms with van der Waals surface area (Å²) < 4.78 is 2.12. The van der Waals surface area contributed by atoms with E-state index in [4.69, 9.17) is 5.73 Å². The molecule has 0 radical (unpaired) electrons. The summed E-state index contributed by atoms with van der Waals surface area (Å²) in [6.45, 7) is 8.06. The molecule has 2 N–H and O–H groups in total. The van der Waals surface area contributed by atoms with Crippen LogP contribution in [0.4, 0.5) is 0 Å². The predicted molar refractivity (Wildman–Crippen MR) is 74.4 cm³/mol. The van der Waals surface area contributed by atoms with E-state index in [0.717, 1.165) is 25.2 Å². The van der Waals surface area contributed by atoms with E-state index < -0.39 is 0 Å². The van der Waals surface area contributed by atoms with Crippen LogP contribution < -0.4 is 5.73 Å². The average molecular weight is 264 g/mol. The molecule has 1 aromatic heterocycles. The molecule has 1 aliphatic rings. The quantitative estimate of drug-likeness (QED) is 0.877. The number of nitrogens with two attached hydrogens (primary N) is 1. The molecule has 1 saturated heterocycles. The summed E-state index contributed by atoms with van der Waals surface area (Å²) in [7, 11) is 0. The number of imidazole rings is 1. The Kier molecular flexibility index (Phi) is 4.24. The third kappa shape index (κ3) is 2.81. The zero-order chi connectivity index (χ0) is 14.0. The monoisotopic (exact) mass is 264 g/mol. The highest BCUT2D eigenvalue weighted by Crippen LogP contribution is 2.32. The molecule has 0 saturated carbocycles. The molecule has 0 aromatic carbocycles. The van der Waals surface area contributed by atoms with Crippen LogP contribution in [0.15, 0.2) is 12.5 Å². The Hall–Kier alpha value is -1.36. The summed E-state index contributed by atoms with van der Waals surface area (Å²) in [4.78, 5) is 18.3. The number of rotatable bonds is 5. The zero-order valence-electron chi connectivity index (χ0n) is 12.0. The minimum Gasteiger partial charge on any atom is -0.333 e. The lowest BCUT2D eigenvalue weighted by molar-refractivity contribution is -0.129.